The van der Waals surface area contributed by atoms with Crippen LogP contribution in [0.1, 0.15) is 37.2 Å². The summed E-state index contributed by atoms with van der Waals surface area (Å²) in [5, 5.41) is 8.48. The molecular formula is C19H24N4O. The first-order valence-corrected chi connectivity index (χ1v) is 8.64. The number of amides is 1. The lowest BCUT2D eigenvalue weighted by Crippen LogP contribution is -2.39. The van der Waals surface area contributed by atoms with Gasteiger partial charge in [-0.15, -0.1) is 10.2 Å². The van der Waals surface area contributed by atoms with Crippen LogP contribution in [0.3, 0.4) is 0 Å². The summed E-state index contributed by atoms with van der Waals surface area (Å²) in [5.74, 6) is 1.30. The smallest absolute Gasteiger partial charge is 0.274 e. The van der Waals surface area contributed by atoms with Gasteiger partial charge in [-0.05, 0) is 49.9 Å². The molecule has 3 rings (SSSR count). The van der Waals surface area contributed by atoms with E-state index in [-0.39, 0.29) is 5.91 Å². The van der Waals surface area contributed by atoms with Crippen LogP contribution < -0.4 is 4.90 Å². The highest BCUT2D eigenvalue weighted by Gasteiger charge is 2.23. The summed E-state index contributed by atoms with van der Waals surface area (Å²) < 4.78 is 0. The first-order valence-electron chi connectivity index (χ1n) is 8.64. The molecule has 1 fully saturated rings. The molecule has 0 saturated carbocycles. The molecule has 2 aromatic rings. The van der Waals surface area contributed by atoms with Crippen molar-refractivity contribution in [2.24, 2.45) is 5.92 Å². The van der Waals surface area contributed by atoms with Gasteiger partial charge in [0.15, 0.2) is 11.5 Å². The number of aromatic nitrogens is 2. The zero-order valence-electron chi connectivity index (χ0n) is 14.4. The van der Waals surface area contributed by atoms with Gasteiger partial charge in [0.25, 0.3) is 5.91 Å². The van der Waals surface area contributed by atoms with Crippen molar-refractivity contribution in [1.82, 2.24) is 15.1 Å². The van der Waals surface area contributed by atoms with Crippen molar-refractivity contribution in [2.75, 3.05) is 24.5 Å². The second-order valence-electron chi connectivity index (χ2n) is 6.36. The molecule has 1 unspecified atom stereocenters. The van der Waals surface area contributed by atoms with E-state index in [9.17, 15) is 4.79 Å². The van der Waals surface area contributed by atoms with Gasteiger partial charge in [0.1, 0.15) is 0 Å². The largest absolute Gasteiger partial charge is 0.337 e. The Hall–Kier alpha value is -2.43. The highest BCUT2D eigenvalue weighted by Crippen LogP contribution is 2.23. The van der Waals surface area contributed by atoms with Crippen LogP contribution in [0.25, 0.3) is 0 Å². The number of benzene rings is 1. The monoisotopic (exact) mass is 324 g/mol. The average Bonchev–Trinajstić information content (AvgIpc) is 2.63. The Kier molecular flexibility index (Phi) is 5.08. The Morgan fingerprint density at radius 3 is 2.62 bits per heavy atom. The number of hydrogen-bond acceptors (Lipinski definition) is 4. The van der Waals surface area contributed by atoms with Gasteiger partial charge in [-0.1, -0.05) is 25.1 Å². The lowest BCUT2D eigenvalue weighted by atomic mass is 10.00. The maximum absolute atomic E-state index is 12.6. The molecule has 0 radical (unpaired) electrons. The number of rotatable bonds is 4. The van der Waals surface area contributed by atoms with Gasteiger partial charge in [0.2, 0.25) is 0 Å². The molecule has 5 nitrogen and oxygen atoms in total. The number of piperidine rings is 1. The standard InChI is InChI=1S/C19H24N4O/c1-3-23(16-9-5-4-6-10-16)18-12-11-17(20-21-18)19(24)22-13-7-8-15(2)14-22/h4-6,9-12,15H,3,7-8,13-14H2,1-2H3. The van der Waals surface area contributed by atoms with Crippen LogP contribution >= 0.6 is 0 Å². The summed E-state index contributed by atoms with van der Waals surface area (Å²) >= 11 is 0. The van der Waals surface area contributed by atoms with Gasteiger partial charge >= 0.3 is 0 Å². The second kappa shape index (κ2) is 7.43. The zero-order valence-corrected chi connectivity index (χ0v) is 14.4. The van der Waals surface area contributed by atoms with Crippen LogP contribution in [-0.4, -0.2) is 40.6 Å². The van der Waals surface area contributed by atoms with E-state index in [1.807, 2.05) is 41.3 Å². The predicted molar refractivity (Wildman–Crippen MR) is 95.5 cm³/mol. The van der Waals surface area contributed by atoms with E-state index in [0.717, 1.165) is 37.6 Å². The molecule has 0 aliphatic carbocycles. The zero-order chi connectivity index (χ0) is 16.9. The van der Waals surface area contributed by atoms with Gasteiger partial charge in [-0.2, -0.15) is 0 Å². The fraction of sp³-hybridized carbons (Fsp3) is 0.421. The van der Waals surface area contributed by atoms with Crippen molar-refractivity contribution < 1.29 is 4.79 Å². The number of para-hydroxylation sites is 1. The molecule has 24 heavy (non-hydrogen) atoms. The van der Waals surface area contributed by atoms with Crippen LogP contribution in [0.4, 0.5) is 11.5 Å². The van der Waals surface area contributed by atoms with Crippen LogP contribution in [0.5, 0.6) is 0 Å². The van der Waals surface area contributed by atoms with Crippen LogP contribution in [0, 0.1) is 5.92 Å². The minimum absolute atomic E-state index is 0.0108. The number of likely N-dealkylation sites (tertiary alicyclic amines) is 1. The van der Waals surface area contributed by atoms with Crippen molar-refractivity contribution in [2.45, 2.75) is 26.7 Å². The van der Waals surface area contributed by atoms with Crippen molar-refractivity contribution in [3.8, 4) is 0 Å². The van der Waals surface area contributed by atoms with Gasteiger partial charge in [-0.25, -0.2) is 0 Å². The van der Waals surface area contributed by atoms with E-state index in [1.165, 1.54) is 6.42 Å². The summed E-state index contributed by atoms with van der Waals surface area (Å²) in [6, 6.07) is 13.7. The highest BCUT2D eigenvalue weighted by atomic mass is 16.2. The normalized spacial score (nSPS) is 17.6. The third kappa shape index (κ3) is 3.55. The summed E-state index contributed by atoms with van der Waals surface area (Å²) in [7, 11) is 0. The summed E-state index contributed by atoms with van der Waals surface area (Å²) in [6.07, 6.45) is 2.26. The van der Waals surface area contributed by atoms with E-state index >= 15 is 0 Å². The Bertz CT molecular complexity index is 672. The van der Waals surface area contributed by atoms with E-state index < -0.39 is 0 Å². The molecule has 0 spiro atoms. The number of anilines is 2. The molecule has 2 heterocycles. The van der Waals surface area contributed by atoms with Crippen LogP contribution in [0.2, 0.25) is 0 Å². The minimum Gasteiger partial charge on any atom is -0.337 e. The molecule has 1 aromatic heterocycles. The van der Waals surface area contributed by atoms with E-state index in [2.05, 4.69) is 28.9 Å². The predicted octanol–water partition coefficient (Wildman–Crippen LogP) is 3.51. The van der Waals surface area contributed by atoms with Crippen LogP contribution in [-0.2, 0) is 0 Å². The molecule has 1 saturated heterocycles. The minimum atomic E-state index is -0.0108. The number of carbonyl (C=O) groups excluding carboxylic acids is 1. The molecule has 1 aliphatic rings. The molecule has 5 heteroatoms. The van der Waals surface area contributed by atoms with Gasteiger partial charge in [-0.3, -0.25) is 4.79 Å². The third-order valence-electron chi connectivity index (χ3n) is 4.47. The summed E-state index contributed by atoms with van der Waals surface area (Å²) in [4.78, 5) is 16.5. The fourth-order valence-corrected chi connectivity index (χ4v) is 3.20. The van der Waals surface area contributed by atoms with Gasteiger partial charge in [0, 0.05) is 25.3 Å². The molecule has 1 aliphatic heterocycles. The lowest BCUT2D eigenvalue weighted by molar-refractivity contribution is 0.0676. The second-order valence-corrected chi connectivity index (χ2v) is 6.36. The van der Waals surface area contributed by atoms with Crippen molar-refractivity contribution >= 4 is 17.4 Å². The Balaban J connectivity index is 1.76. The Morgan fingerprint density at radius 2 is 2.00 bits per heavy atom. The highest BCUT2D eigenvalue weighted by molar-refractivity contribution is 5.92. The average molecular weight is 324 g/mol. The maximum Gasteiger partial charge on any atom is 0.274 e. The van der Waals surface area contributed by atoms with Crippen molar-refractivity contribution in [3.63, 3.8) is 0 Å². The number of carbonyl (C=O) groups is 1. The van der Waals surface area contributed by atoms with Crippen molar-refractivity contribution in [1.29, 1.82) is 0 Å². The fourth-order valence-electron chi connectivity index (χ4n) is 3.20. The molecule has 1 amide bonds. The third-order valence-corrected chi connectivity index (χ3v) is 4.47. The Morgan fingerprint density at radius 1 is 1.21 bits per heavy atom. The topological polar surface area (TPSA) is 49.3 Å². The van der Waals surface area contributed by atoms with E-state index in [1.54, 1.807) is 6.07 Å². The molecular weight excluding hydrogens is 300 g/mol. The van der Waals surface area contributed by atoms with Crippen molar-refractivity contribution in [3.05, 3.63) is 48.2 Å². The molecule has 0 N–H and O–H groups in total. The first kappa shape index (κ1) is 16.4. The SMILES string of the molecule is CCN(c1ccccc1)c1ccc(C(=O)N2CCCC(C)C2)nn1. The quantitative estimate of drug-likeness (QED) is 0.863. The molecule has 1 aromatic carbocycles. The maximum atomic E-state index is 12.6. The van der Waals surface area contributed by atoms with Gasteiger partial charge < -0.3 is 9.80 Å². The molecule has 126 valence electrons. The lowest BCUT2D eigenvalue weighted by Gasteiger charge is -2.30. The summed E-state index contributed by atoms with van der Waals surface area (Å²) in [6.45, 7) is 6.68. The van der Waals surface area contributed by atoms with E-state index in [4.69, 9.17) is 0 Å². The summed E-state index contributed by atoms with van der Waals surface area (Å²) in [5.41, 5.74) is 1.50. The van der Waals surface area contributed by atoms with Crippen LogP contribution in [0.15, 0.2) is 42.5 Å². The van der Waals surface area contributed by atoms with E-state index in [0.29, 0.717) is 11.6 Å². The number of hydrogen-bond donors (Lipinski definition) is 0. The first-order chi connectivity index (χ1) is 11.7. The Labute approximate surface area is 143 Å². The number of nitrogens with zero attached hydrogens (tertiary/aromatic N) is 4. The molecule has 1 atom stereocenters. The molecule has 0 bridgehead atoms. The van der Waals surface area contributed by atoms with Gasteiger partial charge in [0.05, 0.1) is 0 Å².